The van der Waals surface area contributed by atoms with Crippen molar-refractivity contribution in [2.75, 3.05) is 18.1 Å². The van der Waals surface area contributed by atoms with Crippen LogP contribution in [0.1, 0.15) is 15.9 Å². The number of amides is 1. The Bertz CT molecular complexity index is 704. The molecule has 0 fully saturated rings. The van der Waals surface area contributed by atoms with Gasteiger partial charge in [0.05, 0.1) is 15.7 Å². The number of rotatable bonds is 3. The molecule has 0 aliphatic heterocycles. The summed E-state index contributed by atoms with van der Waals surface area (Å²) in [6.07, 6.45) is 0. The van der Waals surface area contributed by atoms with E-state index in [4.69, 9.17) is 5.73 Å². The molecule has 0 saturated heterocycles. The lowest BCUT2D eigenvalue weighted by Gasteiger charge is -2.14. The van der Waals surface area contributed by atoms with Gasteiger partial charge in [0.1, 0.15) is 5.82 Å². The molecule has 4 N–H and O–H groups in total. The fraction of sp³-hybridized carbons (Fsp3) is 0.133. The Morgan fingerprint density at radius 1 is 1.24 bits per heavy atom. The van der Waals surface area contributed by atoms with Crippen molar-refractivity contribution in [2.45, 2.75) is 6.92 Å². The number of carbonyl (C=O) groups excluding carboxylic acids is 1. The standard InChI is InChI=1S/C15H15BrFN3O/c1-8-5-11(16)12(17)7-13(8)20-14-6-9(18)3-4-10(14)15(21)19-2/h3-7,20H,18H2,1-2H3,(H,19,21). The van der Waals surface area contributed by atoms with Gasteiger partial charge in [-0.2, -0.15) is 0 Å². The predicted octanol–water partition coefficient (Wildman–Crippen LogP) is 3.58. The monoisotopic (exact) mass is 351 g/mol. The molecule has 0 spiro atoms. The van der Waals surface area contributed by atoms with Gasteiger partial charge in [-0.05, 0) is 58.7 Å². The molecule has 2 aromatic rings. The van der Waals surface area contributed by atoms with Crippen molar-refractivity contribution in [3.05, 3.63) is 51.7 Å². The number of nitrogens with two attached hydrogens (primary N) is 1. The molecule has 0 aliphatic carbocycles. The van der Waals surface area contributed by atoms with Gasteiger partial charge in [-0.15, -0.1) is 0 Å². The maximum absolute atomic E-state index is 13.7. The Morgan fingerprint density at radius 2 is 1.95 bits per heavy atom. The van der Waals surface area contributed by atoms with Gasteiger partial charge in [-0.1, -0.05) is 0 Å². The van der Waals surface area contributed by atoms with Crippen LogP contribution < -0.4 is 16.4 Å². The zero-order valence-corrected chi connectivity index (χ0v) is 13.2. The number of nitrogen functional groups attached to an aromatic ring is 1. The van der Waals surface area contributed by atoms with E-state index in [-0.39, 0.29) is 11.7 Å². The molecule has 110 valence electrons. The number of nitrogens with one attached hydrogen (secondary N) is 2. The highest BCUT2D eigenvalue weighted by Gasteiger charge is 2.12. The smallest absolute Gasteiger partial charge is 0.253 e. The van der Waals surface area contributed by atoms with Gasteiger partial charge < -0.3 is 16.4 Å². The maximum atomic E-state index is 13.7. The Labute approximate surface area is 130 Å². The zero-order chi connectivity index (χ0) is 15.6. The van der Waals surface area contributed by atoms with Crippen molar-refractivity contribution in [2.24, 2.45) is 0 Å². The van der Waals surface area contributed by atoms with Crippen molar-refractivity contribution < 1.29 is 9.18 Å². The molecule has 0 heterocycles. The Kier molecular flexibility index (Phi) is 4.47. The van der Waals surface area contributed by atoms with Gasteiger partial charge in [0.25, 0.3) is 5.91 Å². The third-order valence-electron chi connectivity index (χ3n) is 3.05. The van der Waals surface area contributed by atoms with E-state index < -0.39 is 0 Å². The first-order valence-corrected chi connectivity index (χ1v) is 7.06. The van der Waals surface area contributed by atoms with E-state index in [1.165, 1.54) is 6.07 Å². The molecule has 4 nitrogen and oxygen atoms in total. The molecule has 2 rings (SSSR count). The second-order valence-corrected chi connectivity index (χ2v) is 5.44. The minimum atomic E-state index is -0.381. The second kappa shape index (κ2) is 6.13. The number of benzene rings is 2. The number of hydrogen-bond donors (Lipinski definition) is 3. The number of carbonyl (C=O) groups is 1. The lowest BCUT2D eigenvalue weighted by atomic mass is 10.1. The lowest BCUT2D eigenvalue weighted by molar-refractivity contribution is 0.0964. The van der Waals surface area contributed by atoms with E-state index in [1.807, 2.05) is 6.92 Å². The summed E-state index contributed by atoms with van der Waals surface area (Å²) in [6.45, 7) is 1.85. The first-order chi connectivity index (χ1) is 9.92. The molecule has 2 aromatic carbocycles. The summed E-state index contributed by atoms with van der Waals surface area (Å²) in [5.74, 6) is -0.624. The van der Waals surface area contributed by atoms with Gasteiger partial charge >= 0.3 is 0 Å². The molecule has 0 atom stereocenters. The van der Waals surface area contributed by atoms with Gasteiger partial charge in [-0.3, -0.25) is 4.79 Å². The van der Waals surface area contributed by atoms with Gasteiger partial charge in [-0.25, -0.2) is 4.39 Å². The third-order valence-corrected chi connectivity index (χ3v) is 3.66. The first-order valence-electron chi connectivity index (χ1n) is 6.26. The van der Waals surface area contributed by atoms with Crippen molar-refractivity contribution in [1.82, 2.24) is 5.32 Å². The van der Waals surface area contributed by atoms with E-state index in [1.54, 1.807) is 31.3 Å². The van der Waals surface area contributed by atoms with E-state index in [0.717, 1.165) is 5.56 Å². The van der Waals surface area contributed by atoms with Gasteiger partial charge in [0, 0.05) is 18.4 Å². The summed E-state index contributed by atoms with van der Waals surface area (Å²) in [6, 6.07) is 7.95. The largest absolute Gasteiger partial charge is 0.399 e. The average Bonchev–Trinajstić information content (AvgIpc) is 2.44. The van der Waals surface area contributed by atoms with Gasteiger partial charge in [0.2, 0.25) is 0 Å². The Hall–Kier alpha value is -2.08. The summed E-state index contributed by atoms with van der Waals surface area (Å²) < 4.78 is 14.1. The summed E-state index contributed by atoms with van der Waals surface area (Å²) in [5, 5.41) is 5.62. The summed E-state index contributed by atoms with van der Waals surface area (Å²) >= 11 is 3.14. The van der Waals surface area contributed by atoms with Crippen molar-refractivity contribution in [1.29, 1.82) is 0 Å². The third kappa shape index (κ3) is 3.33. The molecule has 0 bridgehead atoms. The van der Waals surface area contributed by atoms with Crippen LogP contribution in [0.25, 0.3) is 0 Å². The Morgan fingerprint density at radius 3 is 2.62 bits per heavy atom. The molecule has 0 radical (unpaired) electrons. The lowest BCUT2D eigenvalue weighted by Crippen LogP contribution is -2.19. The highest BCUT2D eigenvalue weighted by molar-refractivity contribution is 9.10. The van der Waals surface area contributed by atoms with E-state index >= 15 is 0 Å². The van der Waals surface area contributed by atoms with Crippen LogP contribution >= 0.6 is 15.9 Å². The average molecular weight is 352 g/mol. The van der Waals surface area contributed by atoms with Crippen LogP contribution in [0, 0.1) is 12.7 Å². The predicted molar refractivity (Wildman–Crippen MR) is 86.4 cm³/mol. The first kappa shape index (κ1) is 15.3. The number of anilines is 3. The van der Waals surface area contributed by atoms with Crippen LogP contribution in [0.3, 0.4) is 0 Å². The molecule has 0 aromatic heterocycles. The number of halogens is 2. The van der Waals surface area contributed by atoms with E-state index in [9.17, 15) is 9.18 Å². The van der Waals surface area contributed by atoms with E-state index in [0.29, 0.717) is 27.1 Å². The molecule has 0 saturated carbocycles. The van der Waals surface area contributed by atoms with Crippen molar-refractivity contribution in [3.63, 3.8) is 0 Å². The van der Waals surface area contributed by atoms with Crippen LogP contribution in [-0.2, 0) is 0 Å². The topological polar surface area (TPSA) is 67.2 Å². The fourth-order valence-corrected chi connectivity index (χ4v) is 2.38. The molecule has 6 heteroatoms. The van der Waals surface area contributed by atoms with Crippen LogP contribution in [0.2, 0.25) is 0 Å². The minimum Gasteiger partial charge on any atom is -0.399 e. The molecule has 1 amide bonds. The highest BCUT2D eigenvalue weighted by Crippen LogP contribution is 2.29. The molecule has 21 heavy (non-hydrogen) atoms. The van der Waals surface area contributed by atoms with Crippen molar-refractivity contribution >= 4 is 38.9 Å². The van der Waals surface area contributed by atoms with Crippen LogP contribution in [0.5, 0.6) is 0 Å². The number of hydrogen-bond acceptors (Lipinski definition) is 3. The normalized spacial score (nSPS) is 10.3. The fourth-order valence-electron chi connectivity index (χ4n) is 1.92. The molecular weight excluding hydrogens is 337 g/mol. The highest BCUT2D eigenvalue weighted by atomic mass is 79.9. The van der Waals surface area contributed by atoms with Crippen LogP contribution in [-0.4, -0.2) is 13.0 Å². The van der Waals surface area contributed by atoms with Crippen LogP contribution in [0.4, 0.5) is 21.5 Å². The minimum absolute atomic E-state index is 0.243. The molecular formula is C15H15BrFN3O. The second-order valence-electron chi connectivity index (χ2n) is 4.59. The number of aryl methyl sites for hydroxylation is 1. The summed E-state index contributed by atoms with van der Waals surface area (Å²) in [7, 11) is 1.55. The van der Waals surface area contributed by atoms with Gasteiger partial charge in [0.15, 0.2) is 0 Å². The molecule has 0 aliphatic rings. The summed E-state index contributed by atoms with van der Waals surface area (Å²) in [4.78, 5) is 11.9. The Balaban J connectivity index is 2.46. The van der Waals surface area contributed by atoms with E-state index in [2.05, 4.69) is 26.6 Å². The van der Waals surface area contributed by atoms with Crippen LogP contribution in [0.15, 0.2) is 34.8 Å². The maximum Gasteiger partial charge on any atom is 0.253 e. The summed E-state index contributed by atoms with van der Waals surface area (Å²) in [5.41, 5.74) is 8.66. The zero-order valence-electron chi connectivity index (χ0n) is 11.6. The molecule has 0 unspecified atom stereocenters. The van der Waals surface area contributed by atoms with Crippen molar-refractivity contribution in [3.8, 4) is 0 Å². The quantitative estimate of drug-likeness (QED) is 0.740. The SMILES string of the molecule is CNC(=O)c1ccc(N)cc1Nc1cc(F)c(Br)cc1C.